The van der Waals surface area contributed by atoms with Crippen LogP contribution >= 0.6 is 11.6 Å². The molecule has 0 fully saturated rings. The third kappa shape index (κ3) is 5.25. The molecule has 0 aliphatic carbocycles. The Hall–Kier alpha value is -3.00. The molecule has 2 amide bonds. The molecule has 0 saturated heterocycles. The van der Waals surface area contributed by atoms with Gasteiger partial charge in [0.2, 0.25) is 11.7 Å². The van der Waals surface area contributed by atoms with Crippen LogP contribution in [0.5, 0.6) is 0 Å². The molecule has 130 valence electrons. The molecule has 0 atom stereocenters. The molecule has 0 unspecified atom stereocenters. The maximum absolute atomic E-state index is 13.2. The third-order valence-electron chi connectivity index (χ3n) is 3.17. The van der Waals surface area contributed by atoms with Crippen LogP contribution in [0.3, 0.4) is 0 Å². The Morgan fingerprint density at radius 2 is 1.84 bits per heavy atom. The Morgan fingerprint density at radius 1 is 1.16 bits per heavy atom. The Balaban J connectivity index is 1.85. The zero-order valence-electron chi connectivity index (χ0n) is 12.8. The SMILES string of the molecule is O=C(CCNC(=O)c1ccc(Cl)cc1)Nc1ccc(F)c([N+](=O)[O-])c1. The van der Waals surface area contributed by atoms with Gasteiger partial charge in [-0.3, -0.25) is 19.7 Å². The molecule has 7 nitrogen and oxygen atoms in total. The topological polar surface area (TPSA) is 101 Å². The molecule has 25 heavy (non-hydrogen) atoms. The Bertz CT molecular complexity index is 812. The molecule has 0 aromatic heterocycles. The molecule has 0 heterocycles. The Kier molecular flexibility index (Phi) is 6.02. The van der Waals surface area contributed by atoms with Crippen molar-refractivity contribution in [3.63, 3.8) is 0 Å². The summed E-state index contributed by atoms with van der Waals surface area (Å²) in [4.78, 5) is 33.4. The molecule has 0 bridgehead atoms. The number of benzene rings is 2. The van der Waals surface area contributed by atoms with Crippen LogP contribution in [0.15, 0.2) is 42.5 Å². The van der Waals surface area contributed by atoms with Gasteiger partial charge >= 0.3 is 5.69 Å². The predicted molar refractivity (Wildman–Crippen MR) is 90.1 cm³/mol. The van der Waals surface area contributed by atoms with E-state index in [1.807, 2.05) is 0 Å². The normalized spacial score (nSPS) is 10.2. The molecule has 0 radical (unpaired) electrons. The predicted octanol–water partition coefficient (Wildman–Crippen LogP) is 3.15. The van der Waals surface area contributed by atoms with Crippen molar-refractivity contribution >= 4 is 34.8 Å². The highest BCUT2D eigenvalue weighted by Gasteiger charge is 2.15. The van der Waals surface area contributed by atoms with Crippen molar-refractivity contribution < 1.29 is 18.9 Å². The second-order valence-electron chi connectivity index (χ2n) is 4.98. The smallest absolute Gasteiger partial charge is 0.306 e. The molecule has 0 aliphatic rings. The lowest BCUT2D eigenvalue weighted by Crippen LogP contribution is -2.27. The van der Waals surface area contributed by atoms with Crippen LogP contribution in [0.1, 0.15) is 16.8 Å². The highest BCUT2D eigenvalue weighted by atomic mass is 35.5. The van der Waals surface area contributed by atoms with E-state index >= 15 is 0 Å². The van der Waals surface area contributed by atoms with Gasteiger partial charge in [0, 0.05) is 35.3 Å². The van der Waals surface area contributed by atoms with Gasteiger partial charge in [0.15, 0.2) is 0 Å². The van der Waals surface area contributed by atoms with Gasteiger partial charge in [0.1, 0.15) is 0 Å². The molecule has 0 saturated carbocycles. The van der Waals surface area contributed by atoms with Crippen LogP contribution in [0.4, 0.5) is 15.8 Å². The van der Waals surface area contributed by atoms with E-state index in [0.717, 1.165) is 12.1 Å². The summed E-state index contributed by atoms with van der Waals surface area (Å²) >= 11 is 5.73. The van der Waals surface area contributed by atoms with Gasteiger partial charge in [-0.1, -0.05) is 11.6 Å². The fourth-order valence-corrected chi connectivity index (χ4v) is 2.07. The summed E-state index contributed by atoms with van der Waals surface area (Å²) in [5.74, 6) is -1.82. The second-order valence-corrected chi connectivity index (χ2v) is 5.42. The lowest BCUT2D eigenvalue weighted by Gasteiger charge is -2.07. The average molecular weight is 366 g/mol. The number of nitrogens with zero attached hydrogens (tertiary/aromatic N) is 1. The summed E-state index contributed by atoms with van der Waals surface area (Å²) in [6.45, 7) is 0.0661. The number of halogens is 2. The van der Waals surface area contributed by atoms with Gasteiger partial charge in [0.05, 0.1) is 4.92 Å². The number of hydrogen-bond donors (Lipinski definition) is 2. The lowest BCUT2D eigenvalue weighted by molar-refractivity contribution is -0.387. The molecule has 2 aromatic rings. The Labute approximate surface area is 146 Å². The number of hydrogen-bond acceptors (Lipinski definition) is 4. The van der Waals surface area contributed by atoms with Crippen LogP contribution in [-0.4, -0.2) is 23.3 Å². The molecular formula is C16H13ClFN3O4. The van der Waals surface area contributed by atoms with Crippen LogP contribution in [-0.2, 0) is 4.79 Å². The van der Waals surface area contributed by atoms with Crippen LogP contribution in [0, 0.1) is 15.9 Å². The highest BCUT2D eigenvalue weighted by Crippen LogP contribution is 2.21. The van der Waals surface area contributed by atoms with Gasteiger partial charge in [-0.05, 0) is 36.4 Å². The summed E-state index contributed by atoms with van der Waals surface area (Å²) in [6, 6.07) is 9.29. The molecular weight excluding hydrogens is 353 g/mol. The summed E-state index contributed by atoms with van der Waals surface area (Å²) in [7, 11) is 0. The van der Waals surface area contributed by atoms with Gasteiger partial charge < -0.3 is 10.6 Å². The maximum Gasteiger partial charge on any atom is 0.306 e. The number of amides is 2. The quantitative estimate of drug-likeness (QED) is 0.606. The summed E-state index contributed by atoms with van der Waals surface area (Å²) in [6.07, 6.45) is -0.0511. The third-order valence-corrected chi connectivity index (χ3v) is 3.42. The average Bonchev–Trinajstić information content (AvgIpc) is 2.57. The van der Waals surface area contributed by atoms with Crippen LogP contribution in [0.25, 0.3) is 0 Å². The fraction of sp³-hybridized carbons (Fsp3) is 0.125. The number of nitro benzene ring substituents is 1. The number of nitro groups is 1. The highest BCUT2D eigenvalue weighted by molar-refractivity contribution is 6.30. The van der Waals surface area contributed by atoms with Crippen molar-refractivity contribution in [3.8, 4) is 0 Å². The van der Waals surface area contributed by atoms with Crippen molar-refractivity contribution in [2.75, 3.05) is 11.9 Å². The molecule has 2 rings (SSSR count). The summed E-state index contributed by atoms with van der Waals surface area (Å²) < 4.78 is 13.2. The lowest BCUT2D eigenvalue weighted by atomic mass is 10.2. The van der Waals surface area contributed by atoms with Crippen molar-refractivity contribution in [3.05, 3.63) is 69.0 Å². The zero-order chi connectivity index (χ0) is 18.4. The minimum atomic E-state index is -0.988. The number of anilines is 1. The number of carbonyl (C=O) groups is 2. The van der Waals surface area contributed by atoms with E-state index < -0.39 is 22.3 Å². The van der Waals surface area contributed by atoms with Crippen molar-refractivity contribution in [2.24, 2.45) is 0 Å². The fourth-order valence-electron chi connectivity index (χ4n) is 1.95. The van der Waals surface area contributed by atoms with Gasteiger partial charge in [-0.2, -0.15) is 4.39 Å². The standard InChI is InChI=1S/C16H13ClFN3O4/c17-11-3-1-10(2-4-11)16(23)19-8-7-15(22)20-12-5-6-13(18)14(9-12)21(24)25/h1-6,9H,7-8H2,(H,19,23)(H,20,22). The van der Waals surface area contributed by atoms with Crippen LogP contribution < -0.4 is 10.6 Å². The van der Waals surface area contributed by atoms with E-state index in [2.05, 4.69) is 10.6 Å². The number of carbonyl (C=O) groups excluding carboxylic acids is 2. The molecule has 2 aromatic carbocycles. The van der Waals surface area contributed by atoms with E-state index in [1.165, 1.54) is 6.07 Å². The van der Waals surface area contributed by atoms with E-state index in [1.54, 1.807) is 24.3 Å². The largest absolute Gasteiger partial charge is 0.352 e. The summed E-state index contributed by atoms with van der Waals surface area (Å²) in [5, 5.41) is 16.1. The van der Waals surface area contributed by atoms with Crippen molar-refractivity contribution in [2.45, 2.75) is 6.42 Å². The molecule has 0 aliphatic heterocycles. The van der Waals surface area contributed by atoms with E-state index in [0.29, 0.717) is 10.6 Å². The molecule has 2 N–H and O–H groups in total. The van der Waals surface area contributed by atoms with E-state index in [9.17, 15) is 24.1 Å². The first-order valence-corrected chi connectivity index (χ1v) is 7.52. The van der Waals surface area contributed by atoms with E-state index in [-0.39, 0.29) is 24.6 Å². The first-order valence-electron chi connectivity index (χ1n) is 7.14. The van der Waals surface area contributed by atoms with Crippen molar-refractivity contribution in [1.82, 2.24) is 5.32 Å². The molecule has 0 spiro atoms. The van der Waals surface area contributed by atoms with Crippen molar-refractivity contribution in [1.29, 1.82) is 0 Å². The first-order chi connectivity index (χ1) is 11.9. The number of rotatable bonds is 6. The minimum Gasteiger partial charge on any atom is -0.352 e. The Morgan fingerprint density at radius 3 is 2.48 bits per heavy atom. The minimum absolute atomic E-state index is 0.0511. The van der Waals surface area contributed by atoms with Gasteiger partial charge in [-0.25, -0.2) is 0 Å². The van der Waals surface area contributed by atoms with Gasteiger partial charge in [0.25, 0.3) is 5.91 Å². The molecule has 9 heteroatoms. The van der Waals surface area contributed by atoms with Crippen LogP contribution in [0.2, 0.25) is 5.02 Å². The number of nitrogens with one attached hydrogen (secondary N) is 2. The first kappa shape index (κ1) is 18.3. The van der Waals surface area contributed by atoms with E-state index in [4.69, 9.17) is 11.6 Å². The van der Waals surface area contributed by atoms with Gasteiger partial charge in [-0.15, -0.1) is 0 Å². The monoisotopic (exact) mass is 365 g/mol. The zero-order valence-corrected chi connectivity index (χ0v) is 13.5. The second kappa shape index (κ2) is 8.20. The maximum atomic E-state index is 13.2. The summed E-state index contributed by atoms with van der Waals surface area (Å²) in [5.41, 5.74) is -0.227.